The van der Waals surface area contributed by atoms with E-state index in [0.717, 1.165) is 5.34 Å². The van der Waals surface area contributed by atoms with Gasteiger partial charge in [0, 0.05) is 0 Å². The van der Waals surface area contributed by atoms with Crippen LogP contribution in [-0.4, -0.2) is 5.16 Å². The van der Waals surface area contributed by atoms with E-state index in [1.54, 1.807) is 0 Å². The van der Waals surface area contributed by atoms with Crippen molar-refractivity contribution in [3.63, 3.8) is 0 Å². The molecule has 7 heteroatoms. The summed E-state index contributed by atoms with van der Waals surface area (Å²) in [6.45, 7) is 0. The fourth-order valence-electron chi connectivity index (χ4n) is 0. The van der Waals surface area contributed by atoms with Gasteiger partial charge in [-0.15, -0.1) is 5.34 Å². The summed E-state index contributed by atoms with van der Waals surface area (Å²) < 4.78 is 0. The minimum atomic E-state index is 0. The van der Waals surface area contributed by atoms with Crippen LogP contribution in [0.5, 0.6) is 0 Å². The molecule has 0 bridgehead atoms. The zero-order chi connectivity index (χ0) is 5.41. The molecule has 0 saturated carbocycles. The maximum absolute atomic E-state index is 8.00. The molecular formula is CKN2NaO2S. The molecule has 0 saturated heterocycles. The molecule has 0 aliphatic heterocycles. The van der Waals surface area contributed by atoms with Gasteiger partial charge in [-0.1, -0.05) is 12.2 Å². The first-order valence-corrected chi connectivity index (χ1v) is 1.20. The molecular weight excluding hydrogens is 166 g/mol. The molecule has 0 amide bonds. The Kier molecular flexibility index (Phi) is 104. The van der Waals surface area contributed by atoms with E-state index in [2.05, 4.69) is 12.2 Å². The largest absolute Gasteiger partial charge is 1.00 e. The first-order chi connectivity index (χ1) is 2.83. The molecule has 0 heterocycles. The second kappa shape index (κ2) is 36.9. The Morgan fingerprint density at radius 2 is 1.75 bits per heavy atom. The van der Waals surface area contributed by atoms with E-state index in [-0.39, 0.29) is 80.9 Å². The van der Waals surface area contributed by atoms with Gasteiger partial charge < -0.3 is 15.5 Å². The van der Waals surface area contributed by atoms with Gasteiger partial charge in [0.2, 0.25) is 0 Å². The van der Waals surface area contributed by atoms with Crippen molar-refractivity contribution in [2.75, 3.05) is 0 Å². The third kappa shape index (κ3) is 109. The predicted molar refractivity (Wildman–Crippen MR) is 25.1 cm³/mol. The van der Waals surface area contributed by atoms with Gasteiger partial charge in [-0.3, -0.25) is 0 Å². The summed E-state index contributed by atoms with van der Waals surface area (Å²) in [5, 5.41) is 17.5. The zero-order valence-corrected chi connectivity index (χ0v) is 10.6. The quantitative estimate of drug-likeness (QED) is 0.119. The zero-order valence-electron chi connectivity index (χ0n) is 4.62. The van der Waals surface area contributed by atoms with E-state index in [9.17, 15) is 0 Å². The van der Waals surface area contributed by atoms with Crippen LogP contribution in [0.4, 0.5) is 0 Å². The third-order valence-corrected chi connectivity index (χ3v) is 0. The van der Waals surface area contributed by atoms with Gasteiger partial charge >= 0.3 is 80.9 Å². The molecule has 0 fully saturated rings. The Morgan fingerprint density at radius 3 is 1.75 bits per heavy atom. The molecule has 4 nitrogen and oxygen atoms in total. The van der Waals surface area contributed by atoms with Gasteiger partial charge in [-0.05, 0) is 0 Å². The second-order valence-corrected chi connectivity index (χ2v) is 0.348. The molecule has 8 heavy (non-hydrogen) atoms. The number of hydrogen-bond acceptors (Lipinski definition) is 4. The number of nitrogens with zero attached hydrogens (tertiary/aromatic N) is 2. The van der Waals surface area contributed by atoms with E-state index in [0.29, 0.717) is 0 Å². The van der Waals surface area contributed by atoms with E-state index >= 15 is 0 Å². The first-order valence-electron chi connectivity index (χ1n) is 0.793. The molecule has 0 aromatic heterocycles. The molecule has 0 radical (unpaired) electrons. The minimum absolute atomic E-state index is 0. The van der Waals surface area contributed by atoms with E-state index in [1.165, 1.54) is 5.16 Å². The fourth-order valence-corrected chi connectivity index (χ4v) is 0. The van der Waals surface area contributed by atoms with Crippen LogP contribution in [0.15, 0.2) is 5.34 Å². The van der Waals surface area contributed by atoms with Crippen molar-refractivity contribution < 1.29 is 80.9 Å². The number of thiocarbonyl (C=S) groups is 1. The molecule has 0 rings (SSSR count). The summed E-state index contributed by atoms with van der Waals surface area (Å²) in [5.41, 5.74) is 0. The van der Waals surface area contributed by atoms with Crippen LogP contribution in [-0.2, 0) is 0 Å². The Bertz CT molecular complexity index is 65.1. The van der Waals surface area contributed by atoms with E-state index < -0.39 is 0 Å². The standard InChI is InChI=1S/CNS.K.HNO2.Na/c2-1-3;;2-1-3;/h;;(H,2,3);/q-1;+1;;+1/p-1. The second-order valence-electron chi connectivity index (χ2n) is 0.166. The van der Waals surface area contributed by atoms with Crippen molar-refractivity contribution in [1.29, 1.82) is 0 Å². The van der Waals surface area contributed by atoms with Gasteiger partial charge in [0.1, 0.15) is 0 Å². The summed E-state index contributed by atoms with van der Waals surface area (Å²) in [6, 6.07) is 0. The normalized spacial score (nSPS) is 2.50. The van der Waals surface area contributed by atoms with Crippen molar-refractivity contribution in [2.24, 2.45) is 5.34 Å². The molecule has 34 valence electrons. The molecule has 0 N–H and O–H groups in total. The monoisotopic (exact) mass is 166 g/mol. The molecule has 0 unspecified atom stereocenters. The van der Waals surface area contributed by atoms with Gasteiger partial charge in [-0.25, -0.2) is 0 Å². The summed E-state index contributed by atoms with van der Waals surface area (Å²) in [5.74, 6) is 0. The smallest absolute Gasteiger partial charge is 0.753 e. The summed E-state index contributed by atoms with van der Waals surface area (Å²) in [7, 11) is 0. The van der Waals surface area contributed by atoms with Gasteiger partial charge in [-0.2, -0.15) is 5.16 Å². The third-order valence-electron chi connectivity index (χ3n) is 0. The summed E-state index contributed by atoms with van der Waals surface area (Å²) >= 11 is 3.70. The van der Waals surface area contributed by atoms with Gasteiger partial charge in [0.05, 0.1) is 0 Å². The van der Waals surface area contributed by atoms with Crippen LogP contribution in [0.1, 0.15) is 0 Å². The Morgan fingerprint density at radius 1 is 1.75 bits per heavy atom. The van der Waals surface area contributed by atoms with Crippen molar-refractivity contribution in [2.45, 2.75) is 0 Å². The molecule has 0 atom stereocenters. The van der Waals surface area contributed by atoms with Crippen molar-refractivity contribution >= 4 is 17.4 Å². The van der Waals surface area contributed by atoms with Crippen LogP contribution in [0, 0.1) is 10.1 Å². The molecule has 0 aliphatic rings. The molecule has 0 aliphatic carbocycles. The SMILES string of the molecule is O=N[O-].[K+].[N-]=C=S.[Na+]. The number of rotatable bonds is 0. The topological polar surface area (TPSA) is 74.8 Å². The van der Waals surface area contributed by atoms with Crippen molar-refractivity contribution in [3.8, 4) is 0 Å². The first kappa shape index (κ1) is 22.5. The van der Waals surface area contributed by atoms with E-state index in [1.807, 2.05) is 0 Å². The molecule has 0 aromatic carbocycles. The maximum atomic E-state index is 8.00. The fraction of sp³-hybridized carbons (Fsp3) is 0. The van der Waals surface area contributed by atoms with Gasteiger partial charge in [0.25, 0.3) is 0 Å². The predicted octanol–water partition coefficient (Wildman–Crippen LogP) is -5.08. The molecule has 0 aromatic rings. The van der Waals surface area contributed by atoms with Crippen LogP contribution in [0.25, 0.3) is 5.41 Å². The Balaban J connectivity index is -0.0000000160. The van der Waals surface area contributed by atoms with Crippen LogP contribution >= 0.6 is 12.2 Å². The van der Waals surface area contributed by atoms with Crippen LogP contribution in [0.2, 0.25) is 0 Å². The number of hydrogen-bond donors (Lipinski definition) is 0. The van der Waals surface area contributed by atoms with Crippen LogP contribution < -0.4 is 80.9 Å². The Hall–Kier alpha value is 1.84. The summed E-state index contributed by atoms with van der Waals surface area (Å²) in [6.07, 6.45) is 0. The van der Waals surface area contributed by atoms with Crippen LogP contribution in [0.3, 0.4) is 0 Å². The number of isothiocyanates is 1. The van der Waals surface area contributed by atoms with Crippen molar-refractivity contribution in [1.82, 2.24) is 0 Å². The van der Waals surface area contributed by atoms with Gasteiger partial charge in [0.15, 0.2) is 0 Å². The van der Waals surface area contributed by atoms with E-state index in [4.69, 9.17) is 15.5 Å². The maximum Gasteiger partial charge on any atom is 1.00 e. The average molecular weight is 166 g/mol. The Labute approximate surface area is 117 Å². The molecule has 0 spiro atoms. The van der Waals surface area contributed by atoms with Crippen molar-refractivity contribution in [3.05, 3.63) is 15.5 Å². The summed E-state index contributed by atoms with van der Waals surface area (Å²) in [4.78, 5) is 8.00. The minimum Gasteiger partial charge on any atom is -0.753 e. The average Bonchev–Trinajstić information content (AvgIpc) is 1.39.